The Labute approximate surface area is 234 Å². The lowest BCUT2D eigenvalue weighted by Crippen LogP contribution is -2.04. The minimum absolute atomic E-state index is 0.322. The van der Waals surface area contributed by atoms with Gasteiger partial charge < -0.3 is 18.9 Å². The first-order valence-electron chi connectivity index (χ1n) is 13.1. The monoisotopic (exact) mass is 536 g/mol. The molecule has 0 heterocycles. The molecule has 40 heavy (non-hydrogen) atoms. The maximum absolute atomic E-state index is 11.8. The Kier molecular flexibility index (Phi) is 9.36. The predicted octanol–water partition coefficient (Wildman–Crippen LogP) is 8.36. The van der Waals surface area contributed by atoms with Gasteiger partial charge in [-0.3, -0.25) is 0 Å². The number of allylic oxidation sites excluding steroid dienone is 1. The van der Waals surface area contributed by atoms with E-state index < -0.39 is 0 Å². The van der Waals surface area contributed by atoms with Crippen LogP contribution in [0.25, 0.3) is 22.4 Å². The Hall–Kier alpha value is -4.84. The summed E-state index contributed by atoms with van der Waals surface area (Å²) in [4.78, 5) is 23.5. The van der Waals surface area contributed by atoms with Crippen molar-refractivity contribution < 1.29 is 28.5 Å². The van der Waals surface area contributed by atoms with Gasteiger partial charge in [-0.25, -0.2) is 9.59 Å². The molecule has 6 nitrogen and oxygen atoms in total. The van der Waals surface area contributed by atoms with Crippen molar-refractivity contribution in [3.63, 3.8) is 0 Å². The molecule has 4 aromatic carbocycles. The molecule has 4 aromatic rings. The summed E-state index contributed by atoms with van der Waals surface area (Å²) < 4.78 is 22.2. The van der Waals surface area contributed by atoms with E-state index in [-0.39, 0.29) is 11.9 Å². The molecule has 6 heteroatoms. The zero-order chi connectivity index (χ0) is 28.5. The number of fused-ring (bicyclic) bond motifs is 1. The van der Waals surface area contributed by atoms with Crippen molar-refractivity contribution in [3.8, 4) is 23.0 Å². The van der Waals surface area contributed by atoms with Crippen LogP contribution in [0.5, 0.6) is 23.0 Å². The van der Waals surface area contributed by atoms with Crippen molar-refractivity contribution in [3.05, 3.63) is 108 Å². The van der Waals surface area contributed by atoms with Crippen LogP contribution in [0, 0.1) is 0 Å². The van der Waals surface area contributed by atoms with E-state index in [1.54, 1.807) is 26.8 Å². The number of benzene rings is 4. The van der Waals surface area contributed by atoms with E-state index in [9.17, 15) is 9.59 Å². The Morgan fingerprint density at radius 2 is 1.18 bits per heavy atom. The molecule has 0 aliphatic rings. The minimum Gasteiger partial charge on any atom is -0.463 e. The highest BCUT2D eigenvalue weighted by atomic mass is 16.5. The summed E-state index contributed by atoms with van der Waals surface area (Å²) >= 11 is 0. The number of esters is 2. The molecule has 0 N–H and O–H groups in total. The van der Waals surface area contributed by atoms with Gasteiger partial charge in [0.05, 0.1) is 13.2 Å². The van der Waals surface area contributed by atoms with Crippen LogP contribution >= 0.6 is 0 Å². The van der Waals surface area contributed by atoms with E-state index in [1.807, 2.05) is 91.9 Å². The highest BCUT2D eigenvalue weighted by Gasteiger charge is 2.07. The topological polar surface area (TPSA) is 71.1 Å². The molecule has 0 amide bonds. The summed E-state index contributed by atoms with van der Waals surface area (Å²) in [7, 11) is 0. The highest BCUT2D eigenvalue weighted by Crippen LogP contribution is 2.31. The third-order valence-corrected chi connectivity index (χ3v) is 6.05. The van der Waals surface area contributed by atoms with E-state index in [0.717, 1.165) is 27.5 Å². The zero-order valence-corrected chi connectivity index (χ0v) is 23.1. The van der Waals surface area contributed by atoms with Crippen LogP contribution in [0.15, 0.2) is 96.6 Å². The summed E-state index contributed by atoms with van der Waals surface area (Å²) in [5, 5.41) is 2.04. The average molecular weight is 537 g/mol. The molecule has 4 rings (SSSR count). The number of carbonyl (C=O) groups excluding carboxylic acids is 2. The van der Waals surface area contributed by atoms with Gasteiger partial charge in [0.15, 0.2) is 0 Å². The first-order chi connectivity index (χ1) is 19.3. The van der Waals surface area contributed by atoms with Crippen LogP contribution in [-0.4, -0.2) is 25.2 Å². The molecule has 0 radical (unpaired) electrons. The molecular weight excluding hydrogens is 504 g/mol. The molecule has 0 fully saturated rings. The fourth-order valence-electron chi connectivity index (χ4n) is 4.02. The van der Waals surface area contributed by atoms with Gasteiger partial charge in [-0.05, 0) is 110 Å². The number of carbonyl (C=O) groups is 2. The van der Waals surface area contributed by atoms with Crippen LogP contribution in [0.1, 0.15) is 38.8 Å². The molecule has 204 valence electrons. The third kappa shape index (κ3) is 7.60. The Morgan fingerprint density at radius 1 is 0.650 bits per heavy atom. The molecule has 0 aliphatic heterocycles. The predicted molar refractivity (Wildman–Crippen MR) is 158 cm³/mol. The van der Waals surface area contributed by atoms with Crippen LogP contribution < -0.4 is 9.47 Å². The standard InChI is InChI=1S/C34H32O6/c1-5-37-33(35)20-23(3)26-9-15-30(16-10-26)40-32-18-12-27-11-17-31(21-28(27)22-32)39-29-13-7-25(8-14-29)19-24(4)34(36)38-6-2/h7-22H,5-6H2,1-4H3. The molecule has 0 bridgehead atoms. The number of hydrogen-bond donors (Lipinski definition) is 0. The quantitative estimate of drug-likeness (QED) is 0.150. The smallest absolute Gasteiger partial charge is 0.333 e. The zero-order valence-electron chi connectivity index (χ0n) is 23.1. The van der Waals surface area contributed by atoms with Crippen molar-refractivity contribution >= 4 is 34.4 Å². The third-order valence-electron chi connectivity index (χ3n) is 6.05. The number of rotatable bonds is 10. The van der Waals surface area contributed by atoms with Gasteiger partial charge in [-0.15, -0.1) is 0 Å². The Bertz CT molecular complexity index is 1550. The van der Waals surface area contributed by atoms with Crippen molar-refractivity contribution in [1.29, 1.82) is 0 Å². The molecule has 0 aliphatic carbocycles. The SMILES string of the molecule is CCOC(=O)C=C(C)c1ccc(Oc2ccc3ccc(Oc4ccc(C=C(C)C(=O)OCC)cc4)cc3c2)cc1. The summed E-state index contributed by atoms with van der Waals surface area (Å²) in [5.41, 5.74) is 3.16. The summed E-state index contributed by atoms with van der Waals surface area (Å²) in [5.74, 6) is 2.10. The van der Waals surface area contributed by atoms with Crippen molar-refractivity contribution in [1.82, 2.24) is 0 Å². The van der Waals surface area contributed by atoms with Gasteiger partial charge in [0, 0.05) is 11.6 Å². The molecule has 0 aromatic heterocycles. The van der Waals surface area contributed by atoms with Gasteiger partial charge in [0.1, 0.15) is 23.0 Å². The number of hydrogen-bond acceptors (Lipinski definition) is 6. The molecule has 0 saturated carbocycles. The lowest BCUT2D eigenvalue weighted by atomic mass is 10.1. The molecule has 0 atom stereocenters. The maximum atomic E-state index is 11.8. The fourth-order valence-corrected chi connectivity index (χ4v) is 4.02. The van der Waals surface area contributed by atoms with Gasteiger partial charge in [-0.2, -0.15) is 0 Å². The fraction of sp³-hybridized carbons (Fsp3) is 0.176. The lowest BCUT2D eigenvalue weighted by molar-refractivity contribution is -0.138. The summed E-state index contributed by atoms with van der Waals surface area (Å²) in [6, 6.07) is 26.9. The molecule has 0 unspecified atom stereocenters. The van der Waals surface area contributed by atoms with E-state index in [1.165, 1.54) is 6.08 Å². The highest BCUT2D eigenvalue weighted by molar-refractivity contribution is 5.93. The van der Waals surface area contributed by atoms with Gasteiger partial charge in [0.25, 0.3) is 0 Å². The van der Waals surface area contributed by atoms with Crippen LogP contribution in [0.4, 0.5) is 0 Å². The lowest BCUT2D eigenvalue weighted by Gasteiger charge is -2.10. The first kappa shape index (κ1) is 28.2. The van der Waals surface area contributed by atoms with Gasteiger partial charge >= 0.3 is 11.9 Å². The van der Waals surface area contributed by atoms with Gasteiger partial charge in [-0.1, -0.05) is 36.4 Å². The van der Waals surface area contributed by atoms with E-state index >= 15 is 0 Å². The van der Waals surface area contributed by atoms with Crippen LogP contribution in [-0.2, 0) is 19.1 Å². The van der Waals surface area contributed by atoms with Gasteiger partial charge in [0.2, 0.25) is 0 Å². The van der Waals surface area contributed by atoms with Crippen molar-refractivity contribution in [2.75, 3.05) is 13.2 Å². The normalized spacial score (nSPS) is 11.7. The van der Waals surface area contributed by atoms with Crippen LogP contribution in [0.2, 0.25) is 0 Å². The van der Waals surface area contributed by atoms with Crippen molar-refractivity contribution in [2.24, 2.45) is 0 Å². The van der Waals surface area contributed by atoms with Crippen molar-refractivity contribution in [2.45, 2.75) is 27.7 Å². The van der Waals surface area contributed by atoms with E-state index in [0.29, 0.717) is 41.8 Å². The molecule has 0 spiro atoms. The average Bonchev–Trinajstić information content (AvgIpc) is 2.94. The number of ether oxygens (including phenoxy) is 4. The molecule has 0 saturated heterocycles. The minimum atomic E-state index is -0.352. The Balaban J connectivity index is 1.44. The van der Waals surface area contributed by atoms with E-state index in [2.05, 4.69) is 0 Å². The second-order valence-electron chi connectivity index (χ2n) is 9.10. The first-order valence-corrected chi connectivity index (χ1v) is 13.1. The largest absolute Gasteiger partial charge is 0.463 e. The maximum Gasteiger partial charge on any atom is 0.333 e. The molecular formula is C34H32O6. The second-order valence-corrected chi connectivity index (χ2v) is 9.10. The Morgan fingerprint density at radius 3 is 1.73 bits per heavy atom. The summed E-state index contributed by atoms with van der Waals surface area (Å²) in [6.45, 7) is 7.86. The second kappa shape index (κ2) is 13.3. The van der Waals surface area contributed by atoms with E-state index in [4.69, 9.17) is 18.9 Å². The van der Waals surface area contributed by atoms with Crippen LogP contribution in [0.3, 0.4) is 0 Å². The summed E-state index contributed by atoms with van der Waals surface area (Å²) in [6.07, 6.45) is 3.27.